The molecule has 16 heavy (non-hydrogen) atoms. The first-order chi connectivity index (χ1) is 7.56. The van der Waals surface area contributed by atoms with Crippen molar-refractivity contribution in [1.29, 1.82) is 0 Å². The Labute approximate surface area is 97.8 Å². The summed E-state index contributed by atoms with van der Waals surface area (Å²) < 4.78 is 12.7. The highest BCUT2D eigenvalue weighted by Crippen LogP contribution is 2.30. The van der Waals surface area contributed by atoms with Gasteiger partial charge in [0.15, 0.2) is 0 Å². The molecule has 0 spiro atoms. The summed E-state index contributed by atoms with van der Waals surface area (Å²) >= 11 is 0. The van der Waals surface area contributed by atoms with E-state index in [-0.39, 0.29) is 0 Å². The molecule has 0 aromatic rings. The van der Waals surface area contributed by atoms with Crippen LogP contribution in [0.5, 0.6) is 0 Å². The molecule has 1 aliphatic heterocycles. The fourth-order valence-corrected chi connectivity index (χ4v) is 2.26. The fraction of sp³-hybridized carbons (Fsp3) is 0.769. The lowest BCUT2D eigenvalue weighted by Gasteiger charge is -2.16. The Hall–Kier alpha value is -0.700. The van der Waals surface area contributed by atoms with Crippen LogP contribution < -0.4 is 5.73 Å². The maximum Gasteiger partial charge on any atom is 0.0973 e. The molecule has 2 unspecified atom stereocenters. The third-order valence-electron chi connectivity index (χ3n) is 3.03. The Kier molecular flexibility index (Phi) is 5.13. The van der Waals surface area contributed by atoms with Crippen LogP contribution >= 0.6 is 0 Å². The maximum atomic E-state index is 12.7. The van der Waals surface area contributed by atoms with Gasteiger partial charge in [0.25, 0.3) is 0 Å². The average molecular weight is 226 g/mol. The second-order valence-corrected chi connectivity index (χ2v) is 4.85. The van der Waals surface area contributed by atoms with E-state index in [0.717, 1.165) is 18.5 Å². The number of allylic oxidation sites excluding steroid dienone is 1. The molecule has 0 aliphatic carbocycles. The molecule has 2 atom stereocenters. The Balaban J connectivity index is 2.60. The second-order valence-electron chi connectivity index (χ2n) is 4.85. The Bertz CT molecular complexity index is 280. The van der Waals surface area contributed by atoms with Gasteiger partial charge in [0.1, 0.15) is 0 Å². The predicted molar refractivity (Wildman–Crippen MR) is 67.3 cm³/mol. The van der Waals surface area contributed by atoms with Gasteiger partial charge < -0.3 is 5.73 Å². The minimum Gasteiger partial charge on any atom is -0.330 e. The fourth-order valence-electron chi connectivity index (χ4n) is 2.26. The Morgan fingerprint density at radius 1 is 1.44 bits per heavy atom. The van der Waals surface area contributed by atoms with E-state index in [2.05, 4.69) is 18.8 Å². The summed E-state index contributed by atoms with van der Waals surface area (Å²) in [4.78, 5) is 4.44. The average Bonchev–Trinajstić information content (AvgIpc) is 2.60. The molecular weight excluding hydrogens is 203 g/mol. The molecule has 1 rings (SSSR count). The summed E-state index contributed by atoms with van der Waals surface area (Å²) in [6.45, 7) is 6.58. The monoisotopic (exact) mass is 226 g/mol. The number of halogens is 1. The van der Waals surface area contributed by atoms with Gasteiger partial charge in [-0.3, -0.25) is 4.99 Å². The number of hydrogen-bond acceptors (Lipinski definition) is 2. The number of rotatable bonds is 6. The molecule has 1 heterocycles. The van der Waals surface area contributed by atoms with Crippen molar-refractivity contribution in [3.63, 3.8) is 0 Å². The summed E-state index contributed by atoms with van der Waals surface area (Å²) in [6.07, 6.45) is 3.62. The van der Waals surface area contributed by atoms with Gasteiger partial charge in [0, 0.05) is 24.4 Å². The molecule has 92 valence electrons. The van der Waals surface area contributed by atoms with Crippen molar-refractivity contribution in [2.45, 2.75) is 46.2 Å². The van der Waals surface area contributed by atoms with Crippen LogP contribution in [0.3, 0.4) is 0 Å². The van der Waals surface area contributed by atoms with E-state index in [4.69, 9.17) is 5.73 Å². The van der Waals surface area contributed by atoms with Crippen LogP contribution in [0.1, 0.15) is 40.0 Å². The highest BCUT2D eigenvalue weighted by molar-refractivity contribution is 5.71. The molecule has 0 aromatic heterocycles. The van der Waals surface area contributed by atoms with Gasteiger partial charge in [0.2, 0.25) is 0 Å². The van der Waals surface area contributed by atoms with Gasteiger partial charge in [-0.25, -0.2) is 4.39 Å². The molecular formula is C13H23FN2. The largest absolute Gasteiger partial charge is 0.330 e. The number of nitrogens with two attached hydrogens (primary N) is 1. The number of aliphatic imine (C=N–C) groups is 1. The summed E-state index contributed by atoms with van der Waals surface area (Å²) in [5.41, 5.74) is 8.22. The second kappa shape index (κ2) is 6.14. The lowest BCUT2D eigenvalue weighted by molar-refractivity contribution is 0.334. The van der Waals surface area contributed by atoms with E-state index >= 15 is 0 Å². The SMILES string of the molecule is CC(F)CCCC1=C(C(C)C)C(CN)C=N1. The summed E-state index contributed by atoms with van der Waals surface area (Å²) in [6, 6.07) is 0. The van der Waals surface area contributed by atoms with Crippen LogP contribution in [0.2, 0.25) is 0 Å². The molecule has 2 N–H and O–H groups in total. The summed E-state index contributed by atoms with van der Waals surface area (Å²) in [5, 5.41) is 0. The van der Waals surface area contributed by atoms with E-state index in [1.54, 1.807) is 6.92 Å². The Morgan fingerprint density at radius 2 is 2.12 bits per heavy atom. The minimum atomic E-state index is -0.709. The van der Waals surface area contributed by atoms with Gasteiger partial charge in [-0.1, -0.05) is 13.8 Å². The van der Waals surface area contributed by atoms with E-state index in [1.807, 2.05) is 6.21 Å². The van der Waals surface area contributed by atoms with Crippen molar-refractivity contribution in [3.05, 3.63) is 11.3 Å². The van der Waals surface area contributed by atoms with Crippen molar-refractivity contribution in [3.8, 4) is 0 Å². The normalized spacial score (nSPS) is 22.2. The molecule has 0 saturated carbocycles. The highest BCUT2D eigenvalue weighted by Gasteiger charge is 2.22. The van der Waals surface area contributed by atoms with Gasteiger partial charge in [-0.2, -0.15) is 0 Å². The number of alkyl halides is 1. The highest BCUT2D eigenvalue weighted by atomic mass is 19.1. The van der Waals surface area contributed by atoms with E-state index < -0.39 is 6.17 Å². The van der Waals surface area contributed by atoms with Crippen molar-refractivity contribution < 1.29 is 4.39 Å². The molecule has 2 nitrogen and oxygen atoms in total. The number of nitrogens with zero attached hydrogens (tertiary/aromatic N) is 1. The summed E-state index contributed by atoms with van der Waals surface area (Å²) in [5.74, 6) is 0.784. The lowest BCUT2D eigenvalue weighted by Crippen LogP contribution is -2.18. The first kappa shape index (κ1) is 13.4. The van der Waals surface area contributed by atoms with Gasteiger partial charge in [0.05, 0.1) is 6.17 Å². The standard InChI is InChI=1S/C13H23FN2/c1-9(2)13-11(7-15)8-16-12(13)6-4-5-10(3)14/h8-11H,4-7,15H2,1-3H3. The molecule has 3 heteroatoms. The van der Waals surface area contributed by atoms with Crippen LogP contribution in [-0.4, -0.2) is 18.9 Å². The van der Waals surface area contributed by atoms with Crippen molar-refractivity contribution >= 4 is 6.21 Å². The van der Waals surface area contributed by atoms with Crippen LogP contribution in [0.15, 0.2) is 16.3 Å². The molecule has 0 saturated heterocycles. The quantitative estimate of drug-likeness (QED) is 0.742. The zero-order valence-electron chi connectivity index (χ0n) is 10.5. The third-order valence-corrected chi connectivity index (χ3v) is 3.03. The van der Waals surface area contributed by atoms with Crippen molar-refractivity contribution in [2.24, 2.45) is 22.6 Å². The van der Waals surface area contributed by atoms with E-state index in [0.29, 0.717) is 24.8 Å². The van der Waals surface area contributed by atoms with Crippen LogP contribution in [0.25, 0.3) is 0 Å². The lowest BCUT2D eigenvalue weighted by atomic mass is 9.89. The summed E-state index contributed by atoms with van der Waals surface area (Å²) in [7, 11) is 0. The maximum absolute atomic E-state index is 12.7. The minimum absolute atomic E-state index is 0.304. The molecule has 0 radical (unpaired) electrons. The smallest absolute Gasteiger partial charge is 0.0973 e. The first-order valence-electron chi connectivity index (χ1n) is 6.17. The van der Waals surface area contributed by atoms with Crippen molar-refractivity contribution in [1.82, 2.24) is 0 Å². The molecule has 0 aromatic carbocycles. The predicted octanol–water partition coefficient (Wildman–Crippen LogP) is 3.08. The van der Waals surface area contributed by atoms with Gasteiger partial charge in [-0.15, -0.1) is 0 Å². The third kappa shape index (κ3) is 3.41. The molecule has 0 fully saturated rings. The van der Waals surface area contributed by atoms with Crippen LogP contribution in [0.4, 0.5) is 4.39 Å². The zero-order valence-corrected chi connectivity index (χ0v) is 10.5. The molecule has 0 amide bonds. The zero-order chi connectivity index (χ0) is 12.1. The number of hydrogen-bond donors (Lipinski definition) is 1. The van der Waals surface area contributed by atoms with E-state index in [9.17, 15) is 4.39 Å². The Morgan fingerprint density at radius 3 is 2.62 bits per heavy atom. The molecule has 0 bridgehead atoms. The topological polar surface area (TPSA) is 38.4 Å². The van der Waals surface area contributed by atoms with Crippen molar-refractivity contribution in [2.75, 3.05) is 6.54 Å². The van der Waals surface area contributed by atoms with Crippen LogP contribution in [-0.2, 0) is 0 Å². The van der Waals surface area contributed by atoms with Gasteiger partial charge in [-0.05, 0) is 37.7 Å². The first-order valence-corrected chi connectivity index (χ1v) is 6.17. The van der Waals surface area contributed by atoms with Crippen LogP contribution in [0, 0.1) is 11.8 Å². The van der Waals surface area contributed by atoms with Gasteiger partial charge >= 0.3 is 0 Å². The van der Waals surface area contributed by atoms with E-state index in [1.165, 1.54) is 5.57 Å². The molecule has 1 aliphatic rings.